The first kappa shape index (κ1) is 19.5. The molecule has 1 aromatic rings. The molecule has 1 saturated heterocycles. The molecule has 0 spiro atoms. The number of likely N-dealkylation sites (N-methyl/N-ethyl adjacent to an activating group) is 1. The summed E-state index contributed by atoms with van der Waals surface area (Å²) in [7, 11) is 5.22. The average molecular weight is 442 g/mol. The van der Waals surface area contributed by atoms with Crippen molar-refractivity contribution in [1.29, 1.82) is 0 Å². The van der Waals surface area contributed by atoms with Crippen LogP contribution in [0.2, 0.25) is 0 Å². The van der Waals surface area contributed by atoms with E-state index < -0.39 is 5.60 Å². The van der Waals surface area contributed by atoms with Crippen molar-refractivity contribution in [2.24, 2.45) is 0 Å². The number of hydrogen-bond donors (Lipinski definition) is 1. The highest BCUT2D eigenvalue weighted by molar-refractivity contribution is 9.14. The van der Waals surface area contributed by atoms with Gasteiger partial charge in [-0.1, -0.05) is 6.07 Å². The van der Waals surface area contributed by atoms with E-state index in [4.69, 9.17) is 9.47 Å². The summed E-state index contributed by atoms with van der Waals surface area (Å²) in [4.78, 5) is 17.7. The molecule has 2 aliphatic heterocycles. The van der Waals surface area contributed by atoms with Crippen molar-refractivity contribution in [1.82, 2.24) is 4.90 Å². The summed E-state index contributed by atoms with van der Waals surface area (Å²) in [5.41, 5.74) is 0.750. The lowest BCUT2D eigenvalue weighted by atomic mass is 10.0. The third-order valence-electron chi connectivity index (χ3n) is 4.84. The molecule has 1 N–H and O–H groups in total. The minimum Gasteiger partial charge on any atom is -0.496 e. The summed E-state index contributed by atoms with van der Waals surface area (Å²) in [6.45, 7) is 4.04. The van der Waals surface area contributed by atoms with Gasteiger partial charge in [0.2, 0.25) is 5.60 Å². The number of carbonyl (C=O) groups excluding carboxylic acids is 1. The second-order valence-corrected chi connectivity index (χ2v) is 8.73. The minimum atomic E-state index is -1.12. The van der Waals surface area contributed by atoms with Crippen LogP contribution in [0.3, 0.4) is 0 Å². The van der Waals surface area contributed by atoms with E-state index in [2.05, 4.69) is 44.2 Å². The first-order valence-corrected chi connectivity index (χ1v) is 10.2. The van der Waals surface area contributed by atoms with Crippen molar-refractivity contribution in [3.63, 3.8) is 0 Å². The Morgan fingerprint density at radius 1 is 1.27 bits per heavy atom. The van der Waals surface area contributed by atoms with Gasteiger partial charge in [0.15, 0.2) is 5.76 Å². The number of piperazine rings is 1. The van der Waals surface area contributed by atoms with Crippen LogP contribution in [0.4, 0.5) is 11.4 Å². The van der Waals surface area contributed by atoms with Gasteiger partial charge >= 0.3 is 0 Å². The highest BCUT2D eigenvalue weighted by Crippen LogP contribution is 2.45. The Morgan fingerprint density at radius 2 is 2.00 bits per heavy atom. The predicted molar refractivity (Wildman–Crippen MR) is 110 cm³/mol. The van der Waals surface area contributed by atoms with Gasteiger partial charge in [-0.05, 0) is 41.2 Å². The Hall–Kier alpha value is -1.22. The second kappa shape index (κ2) is 8.21. The molecule has 1 fully saturated rings. The normalized spacial score (nSPS) is 24.1. The fourth-order valence-electron chi connectivity index (χ4n) is 3.19. The summed E-state index contributed by atoms with van der Waals surface area (Å²) < 4.78 is 11.8. The van der Waals surface area contributed by atoms with E-state index in [1.165, 1.54) is 18.9 Å². The number of methoxy groups -OCH3 is 2. The molecule has 2 aliphatic rings. The predicted octanol–water partition coefficient (Wildman–Crippen LogP) is 2.72. The lowest BCUT2D eigenvalue weighted by Crippen LogP contribution is -2.47. The summed E-state index contributed by atoms with van der Waals surface area (Å²) in [6, 6.07) is 7.96. The maximum atomic E-state index is 13.0. The number of rotatable bonds is 5. The van der Waals surface area contributed by atoms with Gasteiger partial charge in [-0.3, -0.25) is 4.79 Å². The SMILES string of the molecule is COC1=C(Br)SCC1(OC)C(=O)Nc1cccc(N2CCN(C)CC2)c1. The van der Waals surface area contributed by atoms with Crippen molar-refractivity contribution in [3.8, 4) is 0 Å². The Kier molecular flexibility index (Phi) is 6.17. The van der Waals surface area contributed by atoms with Crippen molar-refractivity contribution in [2.45, 2.75) is 5.60 Å². The Labute approximate surface area is 167 Å². The number of carbonyl (C=O) groups is 1. The van der Waals surface area contributed by atoms with Crippen LogP contribution in [0.5, 0.6) is 0 Å². The first-order valence-electron chi connectivity index (χ1n) is 8.47. The smallest absolute Gasteiger partial charge is 0.265 e. The standard InChI is InChI=1S/C18H24BrN3O3S/c1-21-7-9-22(10-8-21)14-6-4-5-13(11-14)20-17(23)18(25-3)12-26-16(19)15(18)24-2/h4-6,11H,7-10,12H2,1-3H3,(H,20,23). The average Bonchev–Trinajstić information content (AvgIpc) is 2.99. The lowest BCUT2D eigenvalue weighted by Gasteiger charge is -2.34. The largest absolute Gasteiger partial charge is 0.496 e. The number of anilines is 2. The number of ether oxygens (including phenoxy) is 2. The van der Waals surface area contributed by atoms with Crippen LogP contribution in [0.1, 0.15) is 0 Å². The zero-order valence-electron chi connectivity index (χ0n) is 15.3. The third kappa shape index (κ3) is 3.74. The molecule has 8 heteroatoms. The number of thioether (sulfide) groups is 1. The van der Waals surface area contributed by atoms with E-state index in [0.717, 1.165) is 41.4 Å². The zero-order valence-corrected chi connectivity index (χ0v) is 17.7. The topological polar surface area (TPSA) is 54.0 Å². The first-order chi connectivity index (χ1) is 12.5. The molecular weight excluding hydrogens is 418 g/mol. The van der Waals surface area contributed by atoms with E-state index in [0.29, 0.717) is 11.5 Å². The fourth-order valence-corrected chi connectivity index (χ4v) is 5.10. The summed E-state index contributed by atoms with van der Waals surface area (Å²) in [5.74, 6) is 0.754. The van der Waals surface area contributed by atoms with E-state index in [-0.39, 0.29) is 5.91 Å². The number of nitrogens with one attached hydrogen (secondary N) is 1. The Bertz CT molecular complexity index is 707. The molecule has 1 aromatic carbocycles. The molecule has 0 radical (unpaired) electrons. The van der Waals surface area contributed by atoms with Crippen LogP contribution < -0.4 is 10.2 Å². The lowest BCUT2D eigenvalue weighted by molar-refractivity contribution is -0.134. The maximum absolute atomic E-state index is 13.0. The Balaban J connectivity index is 1.76. The molecule has 142 valence electrons. The zero-order chi connectivity index (χ0) is 18.7. The minimum absolute atomic E-state index is 0.227. The van der Waals surface area contributed by atoms with Crippen LogP contribution in [0, 0.1) is 0 Å². The van der Waals surface area contributed by atoms with Crippen molar-refractivity contribution < 1.29 is 14.3 Å². The van der Waals surface area contributed by atoms with Crippen LogP contribution >= 0.6 is 27.7 Å². The molecule has 6 nitrogen and oxygen atoms in total. The monoisotopic (exact) mass is 441 g/mol. The van der Waals surface area contributed by atoms with Crippen LogP contribution in [-0.4, -0.2) is 69.6 Å². The molecule has 3 rings (SSSR count). The van der Waals surface area contributed by atoms with Crippen molar-refractivity contribution in [2.75, 3.05) is 63.4 Å². The summed E-state index contributed by atoms with van der Waals surface area (Å²) in [6.07, 6.45) is 0. The molecule has 0 bridgehead atoms. The van der Waals surface area contributed by atoms with Gasteiger partial charge in [0.1, 0.15) is 0 Å². The van der Waals surface area contributed by atoms with Gasteiger partial charge in [-0.2, -0.15) is 0 Å². The van der Waals surface area contributed by atoms with Crippen molar-refractivity contribution in [3.05, 3.63) is 33.8 Å². The highest BCUT2D eigenvalue weighted by atomic mass is 79.9. The van der Waals surface area contributed by atoms with Crippen molar-refractivity contribution >= 4 is 45.0 Å². The number of benzene rings is 1. The molecule has 26 heavy (non-hydrogen) atoms. The van der Waals surface area contributed by atoms with Gasteiger partial charge in [0.05, 0.1) is 10.9 Å². The van der Waals surface area contributed by atoms with E-state index in [1.807, 2.05) is 18.2 Å². The van der Waals surface area contributed by atoms with E-state index in [9.17, 15) is 4.79 Å². The maximum Gasteiger partial charge on any atom is 0.265 e. The van der Waals surface area contributed by atoms with E-state index >= 15 is 0 Å². The second-order valence-electron chi connectivity index (χ2n) is 6.42. The number of halogens is 1. The molecule has 2 heterocycles. The Morgan fingerprint density at radius 3 is 2.65 bits per heavy atom. The summed E-state index contributed by atoms with van der Waals surface area (Å²) >= 11 is 4.95. The van der Waals surface area contributed by atoms with Gasteiger partial charge in [0.25, 0.3) is 5.91 Å². The van der Waals surface area contributed by atoms with Crippen LogP contribution in [-0.2, 0) is 14.3 Å². The fraction of sp³-hybridized carbons (Fsp3) is 0.500. The van der Waals surface area contributed by atoms with Gasteiger partial charge in [-0.15, -0.1) is 11.8 Å². The number of hydrogen-bond acceptors (Lipinski definition) is 6. The number of amides is 1. The molecule has 1 unspecified atom stereocenters. The molecule has 1 amide bonds. The quantitative estimate of drug-likeness (QED) is 0.757. The molecule has 0 aliphatic carbocycles. The molecule has 1 atom stereocenters. The molecular formula is C18H24BrN3O3S. The molecule has 0 aromatic heterocycles. The van der Waals surface area contributed by atoms with Crippen LogP contribution in [0.25, 0.3) is 0 Å². The highest BCUT2D eigenvalue weighted by Gasteiger charge is 2.50. The third-order valence-corrected chi connectivity index (χ3v) is 6.88. The van der Waals surface area contributed by atoms with Gasteiger partial charge in [0, 0.05) is 50.4 Å². The molecule has 0 saturated carbocycles. The van der Waals surface area contributed by atoms with Gasteiger partial charge in [-0.25, -0.2) is 0 Å². The van der Waals surface area contributed by atoms with Crippen LogP contribution in [0.15, 0.2) is 33.8 Å². The number of nitrogens with zero attached hydrogens (tertiary/aromatic N) is 2. The summed E-state index contributed by atoms with van der Waals surface area (Å²) in [5, 5.41) is 3.00. The van der Waals surface area contributed by atoms with E-state index in [1.54, 1.807) is 7.11 Å². The van der Waals surface area contributed by atoms with Gasteiger partial charge < -0.3 is 24.6 Å².